The van der Waals surface area contributed by atoms with Gasteiger partial charge in [0.05, 0.1) is 11.4 Å². The predicted octanol–water partition coefficient (Wildman–Crippen LogP) is 3.96. The maximum atomic E-state index is 10.6. The van der Waals surface area contributed by atoms with Crippen molar-refractivity contribution in [3.05, 3.63) is 60.7 Å². The van der Waals surface area contributed by atoms with Gasteiger partial charge in [-0.25, -0.2) is 9.63 Å². The maximum Gasteiger partial charge on any atom is 0.352 e. The molecular formula is C12H10NO2P. The Kier molecular flexibility index (Phi) is 3.65. The van der Waals surface area contributed by atoms with E-state index in [1.807, 2.05) is 60.7 Å². The fraction of sp³-hybridized carbons (Fsp3) is 0. The lowest BCUT2D eigenvalue weighted by molar-refractivity contribution is 0.349. The highest BCUT2D eigenvalue weighted by molar-refractivity contribution is 7.17. The van der Waals surface area contributed by atoms with Crippen LogP contribution in [0.1, 0.15) is 0 Å². The van der Waals surface area contributed by atoms with Gasteiger partial charge in [-0.1, -0.05) is 36.4 Å². The monoisotopic (exact) mass is 231 g/mol. The third-order valence-electron chi connectivity index (χ3n) is 2.10. The van der Waals surface area contributed by atoms with E-state index in [4.69, 9.17) is 4.62 Å². The molecule has 0 radical (unpaired) electrons. The third-order valence-corrected chi connectivity index (χ3v) is 2.33. The molecule has 0 spiro atoms. The Balaban J connectivity index is 2.35. The van der Waals surface area contributed by atoms with Crippen LogP contribution in [-0.2, 0) is 9.19 Å². The molecule has 0 aliphatic carbocycles. The van der Waals surface area contributed by atoms with Gasteiger partial charge in [0, 0.05) is 0 Å². The van der Waals surface area contributed by atoms with Gasteiger partial charge in [0.25, 0.3) is 0 Å². The molecule has 0 aliphatic rings. The summed E-state index contributed by atoms with van der Waals surface area (Å²) in [5, 5.41) is 1.52. The Morgan fingerprint density at radius 2 is 1.25 bits per heavy atom. The molecule has 0 saturated heterocycles. The van der Waals surface area contributed by atoms with Gasteiger partial charge in [0.15, 0.2) is 0 Å². The molecule has 2 aromatic carbocycles. The summed E-state index contributed by atoms with van der Waals surface area (Å²) < 4.78 is 15.7. The Hall–Kier alpha value is -1.70. The highest BCUT2D eigenvalue weighted by Gasteiger charge is 2.08. The molecule has 2 rings (SSSR count). The first-order chi connectivity index (χ1) is 7.92. The average Bonchev–Trinajstić information content (AvgIpc) is 2.38. The molecule has 2 aromatic rings. The number of nitrogens with zero attached hydrogens (tertiary/aromatic N) is 1. The van der Waals surface area contributed by atoms with Crippen LogP contribution in [-0.4, -0.2) is 0 Å². The number of hydrogen-bond donors (Lipinski definition) is 0. The smallest absolute Gasteiger partial charge is 0.238 e. The Morgan fingerprint density at radius 1 is 0.812 bits per heavy atom. The first-order valence-corrected chi connectivity index (χ1v) is 5.55. The minimum Gasteiger partial charge on any atom is -0.238 e. The molecule has 0 fully saturated rings. The van der Waals surface area contributed by atoms with Gasteiger partial charge in [-0.15, -0.1) is 0 Å². The van der Waals surface area contributed by atoms with Gasteiger partial charge >= 0.3 is 8.69 Å². The van der Waals surface area contributed by atoms with Crippen molar-refractivity contribution in [2.45, 2.75) is 0 Å². The van der Waals surface area contributed by atoms with Crippen LogP contribution in [0.25, 0.3) is 0 Å². The van der Waals surface area contributed by atoms with Crippen LogP contribution in [0, 0.1) is 0 Å². The van der Waals surface area contributed by atoms with Gasteiger partial charge in [0.2, 0.25) is 0 Å². The van der Waals surface area contributed by atoms with E-state index >= 15 is 0 Å². The van der Waals surface area contributed by atoms with E-state index in [1.165, 1.54) is 5.06 Å². The molecule has 80 valence electrons. The van der Waals surface area contributed by atoms with Gasteiger partial charge in [-0.3, -0.25) is 0 Å². The minimum atomic E-state index is -0.380. The van der Waals surface area contributed by atoms with Crippen molar-refractivity contribution in [3.8, 4) is 0 Å². The molecule has 0 atom stereocenters. The van der Waals surface area contributed by atoms with E-state index in [0.29, 0.717) is 0 Å². The van der Waals surface area contributed by atoms with Crippen LogP contribution in [0.3, 0.4) is 0 Å². The van der Waals surface area contributed by atoms with Crippen LogP contribution < -0.4 is 5.06 Å². The highest BCUT2D eigenvalue weighted by Crippen LogP contribution is 2.27. The fourth-order valence-corrected chi connectivity index (χ4v) is 1.66. The molecular weight excluding hydrogens is 221 g/mol. The molecule has 0 bridgehead atoms. The van der Waals surface area contributed by atoms with Crippen molar-refractivity contribution in [1.29, 1.82) is 0 Å². The van der Waals surface area contributed by atoms with Crippen molar-refractivity contribution in [2.24, 2.45) is 0 Å². The first-order valence-electron chi connectivity index (χ1n) is 4.82. The van der Waals surface area contributed by atoms with E-state index in [1.54, 1.807) is 0 Å². The Morgan fingerprint density at radius 3 is 1.62 bits per heavy atom. The molecule has 0 aliphatic heterocycles. The van der Waals surface area contributed by atoms with Crippen molar-refractivity contribution in [1.82, 2.24) is 0 Å². The fourth-order valence-electron chi connectivity index (χ4n) is 1.40. The van der Waals surface area contributed by atoms with Gasteiger partial charge in [-0.2, -0.15) is 4.62 Å². The normalized spacial score (nSPS) is 10.2. The lowest BCUT2D eigenvalue weighted by Crippen LogP contribution is -2.11. The average molecular weight is 231 g/mol. The minimum absolute atomic E-state index is 0.380. The molecule has 16 heavy (non-hydrogen) atoms. The second-order valence-electron chi connectivity index (χ2n) is 3.12. The molecule has 0 aromatic heterocycles. The number of rotatable bonds is 4. The number of para-hydroxylation sites is 2. The second-order valence-corrected chi connectivity index (χ2v) is 3.43. The van der Waals surface area contributed by atoms with E-state index in [-0.39, 0.29) is 8.69 Å². The summed E-state index contributed by atoms with van der Waals surface area (Å²) in [6, 6.07) is 19.0. The summed E-state index contributed by atoms with van der Waals surface area (Å²) in [5.41, 5.74) is 1.66. The summed E-state index contributed by atoms with van der Waals surface area (Å²) in [6.07, 6.45) is 0. The van der Waals surface area contributed by atoms with Gasteiger partial charge in [-0.05, 0) is 24.3 Å². The SMILES string of the molecule is O=PON(c1ccccc1)c1ccccc1. The number of hydrogen-bond acceptors (Lipinski definition) is 3. The lowest BCUT2D eigenvalue weighted by Gasteiger charge is -2.19. The van der Waals surface area contributed by atoms with Gasteiger partial charge < -0.3 is 0 Å². The van der Waals surface area contributed by atoms with E-state index in [0.717, 1.165) is 11.4 Å². The molecule has 0 amide bonds. The Bertz CT molecular complexity index is 408. The van der Waals surface area contributed by atoms with Crippen molar-refractivity contribution in [3.63, 3.8) is 0 Å². The van der Waals surface area contributed by atoms with Crippen LogP contribution >= 0.6 is 8.69 Å². The number of anilines is 2. The lowest BCUT2D eigenvalue weighted by atomic mass is 10.2. The summed E-state index contributed by atoms with van der Waals surface area (Å²) in [6.45, 7) is 0. The quantitative estimate of drug-likeness (QED) is 0.589. The van der Waals surface area contributed by atoms with Crippen LogP contribution in [0.2, 0.25) is 0 Å². The molecule has 4 heteroatoms. The van der Waals surface area contributed by atoms with Crippen molar-refractivity contribution < 1.29 is 9.19 Å². The van der Waals surface area contributed by atoms with E-state index in [9.17, 15) is 4.57 Å². The third kappa shape index (κ3) is 2.45. The maximum absolute atomic E-state index is 10.6. The summed E-state index contributed by atoms with van der Waals surface area (Å²) in [4.78, 5) is 0. The Labute approximate surface area is 95.5 Å². The van der Waals surface area contributed by atoms with Crippen LogP contribution in [0.15, 0.2) is 60.7 Å². The summed E-state index contributed by atoms with van der Waals surface area (Å²) >= 11 is 0. The largest absolute Gasteiger partial charge is 0.352 e. The van der Waals surface area contributed by atoms with Crippen LogP contribution in [0.4, 0.5) is 11.4 Å². The van der Waals surface area contributed by atoms with E-state index < -0.39 is 0 Å². The molecule has 0 saturated carbocycles. The summed E-state index contributed by atoms with van der Waals surface area (Å²) in [5.74, 6) is 0. The molecule has 0 unspecified atom stereocenters. The highest BCUT2D eigenvalue weighted by atomic mass is 31.1. The van der Waals surface area contributed by atoms with Gasteiger partial charge in [0.1, 0.15) is 0 Å². The standard InChI is InChI=1S/C12H10NO2P/c14-16-15-13(11-7-3-1-4-8-11)12-9-5-2-6-10-12/h1-10H. The van der Waals surface area contributed by atoms with Crippen molar-refractivity contribution in [2.75, 3.05) is 5.06 Å². The molecule has 0 heterocycles. The van der Waals surface area contributed by atoms with Crippen molar-refractivity contribution >= 4 is 20.1 Å². The predicted molar refractivity (Wildman–Crippen MR) is 63.7 cm³/mol. The molecule has 3 nitrogen and oxygen atoms in total. The zero-order valence-corrected chi connectivity index (χ0v) is 9.38. The van der Waals surface area contributed by atoms with Crippen LogP contribution in [0.5, 0.6) is 0 Å². The molecule has 0 N–H and O–H groups in total. The topological polar surface area (TPSA) is 29.5 Å². The summed E-state index contributed by atoms with van der Waals surface area (Å²) in [7, 11) is -0.380. The second kappa shape index (κ2) is 5.40. The zero-order valence-electron chi connectivity index (χ0n) is 8.48. The zero-order chi connectivity index (χ0) is 11.2. The first kappa shape index (κ1) is 10.8. The number of benzene rings is 2. The van der Waals surface area contributed by atoms with E-state index in [2.05, 4.69) is 0 Å².